The Labute approximate surface area is 164 Å². The number of carbonyl (C=O) groups is 1. The zero-order valence-corrected chi connectivity index (χ0v) is 17.1. The number of piperidine rings is 2. The molecule has 2 saturated heterocycles. The highest BCUT2D eigenvalue weighted by molar-refractivity contribution is 5.89. The maximum absolute atomic E-state index is 12.3. The lowest BCUT2D eigenvalue weighted by atomic mass is 9.80. The van der Waals surface area contributed by atoms with E-state index in [4.69, 9.17) is 9.47 Å². The van der Waals surface area contributed by atoms with Crippen LogP contribution in [0, 0.1) is 5.92 Å². The van der Waals surface area contributed by atoms with Crippen molar-refractivity contribution < 1.29 is 18.8 Å². The van der Waals surface area contributed by atoms with Gasteiger partial charge in [0.05, 0.1) is 45.0 Å². The first-order valence-corrected chi connectivity index (χ1v) is 10.9. The molecule has 150 valence electrons. The molecule has 0 aromatic heterocycles. The second-order valence-corrected chi connectivity index (χ2v) is 8.54. The van der Waals surface area contributed by atoms with Gasteiger partial charge in [0.25, 0.3) is 0 Å². The third-order valence-corrected chi connectivity index (χ3v) is 6.59. The predicted molar refractivity (Wildman–Crippen MR) is 108 cm³/mol. The molecule has 0 saturated carbocycles. The van der Waals surface area contributed by atoms with Crippen LogP contribution in [0.4, 0.5) is 0 Å². The maximum Gasteiger partial charge on any atom is 0.338 e. The Hall–Kier alpha value is -1.55. The molecule has 0 radical (unpaired) electrons. The van der Waals surface area contributed by atoms with Gasteiger partial charge in [-0.05, 0) is 69.2 Å². The molecule has 0 bridgehead atoms. The van der Waals surface area contributed by atoms with Crippen molar-refractivity contribution in [1.29, 1.82) is 0 Å². The summed E-state index contributed by atoms with van der Waals surface area (Å²) < 4.78 is 12.5. The van der Waals surface area contributed by atoms with Crippen LogP contribution in [0.1, 0.15) is 68.6 Å². The van der Waals surface area contributed by atoms with Gasteiger partial charge in [0, 0.05) is 5.92 Å². The van der Waals surface area contributed by atoms with E-state index in [0.717, 1.165) is 37.7 Å². The highest BCUT2D eigenvalue weighted by atomic mass is 16.5. The third-order valence-electron chi connectivity index (χ3n) is 6.59. The summed E-state index contributed by atoms with van der Waals surface area (Å²) in [6.07, 6.45) is 9.84. The number of carbonyl (C=O) groups excluding carboxylic acids is 1. The van der Waals surface area contributed by atoms with Crippen LogP contribution in [-0.4, -0.2) is 49.8 Å². The van der Waals surface area contributed by atoms with Gasteiger partial charge in [-0.25, -0.2) is 4.79 Å². The number of esters is 1. The minimum absolute atomic E-state index is 0.216. The second kappa shape index (κ2) is 9.59. The summed E-state index contributed by atoms with van der Waals surface area (Å²) in [5.74, 6) is 1.30. The van der Waals surface area contributed by atoms with Gasteiger partial charge in [-0.3, -0.25) is 0 Å². The fraction of sp³-hybridized carbons (Fsp3) is 0.696. The summed E-state index contributed by atoms with van der Waals surface area (Å²) in [5.41, 5.74) is 0.611. The lowest BCUT2D eigenvalue weighted by Gasteiger charge is -2.51. The van der Waals surface area contributed by atoms with Crippen molar-refractivity contribution in [2.45, 2.75) is 64.3 Å². The van der Waals surface area contributed by atoms with Crippen LogP contribution in [0.3, 0.4) is 0 Å². The van der Waals surface area contributed by atoms with Gasteiger partial charge in [0.1, 0.15) is 5.75 Å². The first kappa shape index (κ1) is 20.2. The van der Waals surface area contributed by atoms with Crippen molar-refractivity contribution in [3.63, 3.8) is 0 Å². The molecular weight excluding hydrogens is 338 g/mol. The van der Waals surface area contributed by atoms with Gasteiger partial charge >= 0.3 is 5.97 Å². The van der Waals surface area contributed by atoms with Crippen molar-refractivity contribution >= 4 is 5.97 Å². The SMILES string of the molecule is CCCCOc1ccc(C(=O)OCC[C@@H]2CCC[N@+]3(C)CCCC[C@H]23)cc1. The van der Waals surface area contributed by atoms with E-state index in [1.165, 1.54) is 49.7 Å². The second-order valence-electron chi connectivity index (χ2n) is 8.54. The standard InChI is InChI=1S/C23H36NO3/c1-3-4-17-26-21-12-10-20(11-13-21)23(25)27-18-14-19-8-7-16-24(2)15-6-5-9-22(19)24/h10-13,19,22H,3-9,14-18H2,1-2H3/q+1/t19-,22+,24-/m0/s1. The van der Waals surface area contributed by atoms with Crippen molar-refractivity contribution in [2.24, 2.45) is 5.92 Å². The van der Waals surface area contributed by atoms with E-state index in [-0.39, 0.29) is 5.97 Å². The summed E-state index contributed by atoms with van der Waals surface area (Å²) in [4.78, 5) is 12.3. The number of fused-ring (bicyclic) bond motifs is 1. The lowest BCUT2D eigenvalue weighted by Crippen LogP contribution is -2.60. The van der Waals surface area contributed by atoms with Gasteiger partial charge in [-0.1, -0.05) is 13.3 Å². The van der Waals surface area contributed by atoms with Gasteiger partial charge in [-0.2, -0.15) is 0 Å². The Bertz CT molecular complexity index is 596. The quantitative estimate of drug-likeness (QED) is 0.372. The highest BCUT2D eigenvalue weighted by Gasteiger charge is 2.43. The molecule has 2 heterocycles. The van der Waals surface area contributed by atoms with E-state index >= 15 is 0 Å². The molecule has 0 aliphatic carbocycles. The first-order chi connectivity index (χ1) is 13.1. The van der Waals surface area contributed by atoms with Crippen molar-refractivity contribution in [2.75, 3.05) is 33.4 Å². The summed E-state index contributed by atoms with van der Waals surface area (Å²) in [5, 5.41) is 0. The van der Waals surface area contributed by atoms with Crippen molar-refractivity contribution in [3.05, 3.63) is 29.8 Å². The number of rotatable bonds is 8. The largest absolute Gasteiger partial charge is 0.494 e. The minimum atomic E-state index is -0.216. The van der Waals surface area contributed by atoms with Crippen LogP contribution < -0.4 is 4.74 Å². The minimum Gasteiger partial charge on any atom is -0.494 e. The average molecular weight is 375 g/mol. The molecule has 2 aliphatic heterocycles. The highest BCUT2D eigenvalue weighted by Crippen LogP contribution is 2.37. The summed E-state index contributed by atoms with van der Waals surface area (Å²) >= 11 is 0. The van der Waals surface area contributed by atoms with Gasteiger partial charge in [0.15, 0.2) is 0 Å². The third kappa shape index (κ3) is 5.25. The van der Waals surface area contributed by atoms with E-state index < -0.39 is 0 Å². The monoisotopic (exact) mass is 374 g/mol. The van der Waals surface area contributed by atoms with Gasteiger partial charge in [0.2, 0.25) is 0 Å². The fourth-order valence-electron chi connectivity index (χ4n) is 4.98. The summed E-state index contributed by atoms with van der Waals surface area (Å²) in [6.45, 7) is 6.06. The van der Waals surface area contributed by atoms with Crippen LogP contribution in [0.15, 0.2) is 24.3 Å². The number of unbranched alkanes of at least 4 members (excludes halogenated alkanes) is 1. The van der Waals surface area contributed by atoms with Gasteiger partial charge < -0.3 is 14.0 Å². The molecule has 2 fully saturated rings. The Morgan fingerprint density at radius 1 is 1.07 bits per heavy atom. The number of ether oxygens (including phenoxy) is 2. The zero-order chi connectivity index (χ0) is 19.1. The Balaban J connectivity index is 1.45. The molecule has 4 heteroatoms. The fourth-order valence-corrected chi connectivity index (χ4v) is 4.98. The van der Waals surface area contributed by atoms with Crippen LogP contribution in [-0.2, 0) is 4.74 Å². The molecule has 1 aromatic rings. The number of benzene rings is 1. The first-order valence-electron chi connectivity index (χ1n) is 10.9. The number of nitrogens with zero attached hydrogens (tertiary/aromatic N) is 1. The topological polar surface area (TPSA) is 35.5 Å². The normalized spacial score (nSPS) is 27.6. The number of hydrogen-bond donors (Lipinski definition) is 0. The zero-order valence-electron chi connectivity index (χ0n) is 17.1. The molecular formula is C23H36NO3+. The number of quaternary nitrogens is 1. The molecule has 3 atom stereocenters. The lowest BCUT2D eigenvalue weighted by molar-refractivity contribution is -0.947. The van der Waals surface area contributed by atoms with E-state index in [1.54, 1.807) is 12.1 Å². The molecule has 0 spiro atoms. The van der Waals surface area contributed by atoms with Crippen LogP contribution >= 0.6 is 0 Å². The Morgan fingerprint density at radius 3 is 2.63 bits per heavy atom. The van der Waals surface area contributed by atoms with Crippen LogP contribution in [0.2, 0.25) is 0 Å². The van der Waals surface area contributed by atoms with Crippen LogP contribution in [0.5, 0.6) is 5.75 Å². The smallest absolute Gasteiger partial charge is 0.338 e. The molecule has 2 aliphatic rings. The predicted octanol–water partition coefficient (Wildman–Crippen LogP) is 4.82. The molecule has 0 unspecified atom stereocenters. The van der Waals surface area contributed by atoms with E-state index in [2.05, 4.69) is 14.0 Å². The molecule has 0 N–H and O–H groups in total. The Morgan fingerprint density at radius 2 is 1.85 bits per heavy atom. The molecule has 3 rings (SSSR count). The maximum atomic E-state index is 12.3. The summed E-state index contributed by atoms with van der Waals surface area (Å²) in [7, 11) is 2.44. The van der Waals surface area contributed by atoms with E-state index in [1.807, 2.05) is 12.1 Å². The van der Waals surface area contributed by atoms with Crippen molar-refractivity contribution in [3.8, 4) is 5.75 Å². The molecule has 27 heavy (non-hydrogen) atoms. The van der Waals surface area contributed by atoms with E-state index in [0.29, 0.717) is 18.1 Å². The molecule has 1 aromatic carbocycles. The average Bonchev–Trinajstić information content (AvgIpc) is 2.68. The molecule has 0 amide bonds. The number of hydrogen-bond acceptors (Lipinski definition) is 3. The molecule has 4 nitrogen and oxygen atoms in total. The summed E-state index contributed by atoms with van der Waals surface area (Å²) in [6, 6.07) is 8.10. The van der Waals surface area contributed by atoms with Gasteiger partial charge in [-0.15, -0.1) is 0 Å². The van der Waals surface area contributed by atoms with Crippen molar-refractivity contribution in [1.82, 2.24) is 0 Å². The van der Waals surface area contributed by atoms with E-state index in [9.17, 15) is 4.79 Å². The van der Waals surface area contributed by atoms with Crippen LogP contribution in [0.25, 0.3) is 0 Å². The Kier molecular flexibility index (Phi) is 7.17.